The highest BCUT2D eigenvalue weighted by atomic mass is 35.5. The number of carbonyl (C=O) groups excluding carboxylic acids is 1. The van der Waals surface area contributed by atoms with E-state index in [0.717, 1.165) is 18.1 Å². The van der Waals surface area contributed by atoms with Crippen LogP contribution in [-0.4, -0.2) is 23.9 Å². The van der Waals surface area contributed by atoms with E-state index in [1.54, 1.807) is 6.92 Å². The lowest BCUT2D eigenvalue weighted by atomic mass is 9.95. The van der Waals surface area contributed by atoms with Gasteiger partial charge in [0.2, 0.25) is 5.91 Å². The van der Waals surface area contributed by atoms with Crippen molar-refractivity contribution in [1.29, 1.82) is 0 Å². The van der Waals surface area contributed by atoms with Gasteiger partial charge in [0.1, 0.15) is 0 Å². The van der Waals surface area contributed by atoms with Gasteiger partial charge in [-0.2, -0.15) is 0 Å². The first kappa shape index (κ1) is 10.2. The van der Waals surface area contributed by atoms with Gasteiger partial charge in [0.25, 0.3) is 0 Å². The van der Waals surface area contributed by atoms with Gasteiger partial charge < -0.3 is 4.90 Å². The third-order valence-corrected chi connectivity index (χ3v) is 4.26. The maximum Gasteiger partial charge on any atom is 0.219 e. The fraction of sp³-hybridized carbons (Fsp3) is 0.462. The molecule has 0 N–H and O–H groups in total. The van der Waals surface area contributed by atoms with Gasteiger partial charge in [0.15, 0.2) is 0 Å². The number of likely N-dealkylation sites (tertiary alicyclic amines) is 1. The van der Waals surface area contributed by atoms with Crippen LogP contribution >= 0.6 is 11.6 Å². The lowest BCUT2D eigenvalue weighted by molar-refractivity contribution is -0.128. The predicted octanol–water partition coefficient (Wildman–Crippen LogP) is 2.46. The van der Waals surface area contributed by atoms with Crippen LogP contribution in [0.2, 0.25) is 5.02 Å². The number of hydrogen-bond donors (Lipinski definition) is 0. The minimum absolute atomic E-state index is 0.195. The third kappa shape index (κ3) is 1.36. The van der Waals surface area contributed by atoms with Gasteiger partial charge >= 0.3 is 0 Å². The molecule has 1 aliphatic carbocycles. The zero-order valence-electron chi connectivity index (χ0n) is 9.24. The summed E-state index contributed by atoms with van der Waals surface area (Å²) in [6.45, 7) is 3.47. The summed E-state index contributed by atoms with van der Waals surface area (Å²) in [6, 6.07) is 8.09. The van der Waals surface area contributed by atoms with Crippen LogP contribution in [-0.2, 0) is 10.2 Å². The summed E-state index contributed by atoms with van der Waals surface area (Å²) < 4.78 is 0. The number of fused-ring (bicyclic) bond motifs is 1. The number of piperidine rings is 1. The molecule has 2 nitrogen and oxygen atoms in total. The summed E-state index contributed by atoms with van der Waals surface area (Å²) in [5, 5.41) is 0.777. The van der Waals surface area contributed by atoms with Crippen molar-refractivity contribution in [3.8, 4) is 0 Å². The Balaban J connectivity index is 1.87. The number of halogens is 1. The van der Waals surface area contributed by atoms with E-state index in [2.05, 4.69) is 12.1 Å². The molecule has 2 unspecified atom stereocenters. The lowest BCUT2D eigenvalue weighted by Crippen LogP contribution is -2.30. The Morgan fingerprint density at radius 2 is 2.12 bits per heavy atom. The Labute approximate surface area is 100 Å². The van der Waals surface area contributed by atoms with E-state index < -0.39 is 0 Å². The molecule has 1 heterocycles. The van der Waals surface area contributed by atoms with Crippen LogP contribution in [0, 0.1) is 5.92 Å². The topological polar surface area (TPSA) is 20.3 Å². The molecule has 84 valence electrons. The number of amides is 1. The molecule has 2 fully saturated rings. The van der Waals surface area contributed by atoms with Crippen LogP contribution < -0.4 is 0 Å². The van der Waals surface area contributed by atoms with Crippen molar-refractivity contribution in [2.45, 2.75) is 18.8 Å². The molecular weight excluding hydrogens is 222 g/mol. The lowest BCUT2D eigenvalue weighted by Gasteiger charge is -2.19. The Bertz CT molecular complexity index is 442. The highest BCUT2D eigenvalue weighted by Gasteiger charge is 2.61. The van der Waals surface area contributed by atoms with E-state index in [9.17, 15) is 4.79 Å². The molecule has 2 atom stereocenters. The molecule has 1 aromatic rings. The van der Waals surface area contributed by atoms with Crippen molar-refractivity contribution in [3.63, 3.8) is 0 Å². The van der Waals surface area contributed by atoms with E-state index in [4.69, 9.17) is 11.6 Å². The molecule has 3 rings (SSSR count). The molecule has 3 heteroatoms. The SMILES string of the molecule is CC(=O)N1CC2CC2(c2ccc(Cl)cc2)C1. The number of rotatable bonds is 1. The molecule has 0 spiro atoms. The van der Waals surface area contributed by atoms with Crippen LogP contribution in [0.3, 0.4) is 0 Å². The number of hydrogen-bond acceptors (Lipinski definition) is 1. The van der Waals surface area contributed by atoms with Crippen molar-refractivity contribution >= 4 is 17.5 Å². The molecular formula is C13H14ClNO. The van der Waals surface area contributed by atoms with E-state index in [1.807, 2.05) is 17.0 Å². The Kier molecular flexibility index (Phi) is 2.05. The predicted molar refractivity (Wildman–Crippen MR) is 63.5 cm³/mol. The molecule has 0 bridgehead atoms. The Morgan fingerprint density at radius 3 is 2.69 bits per heavy atom. The maximum absolute atomic E-state index is 11.3. The fourth-order valence-corrected chi connectivity index (χ4v) is 3.08. The number of carbonyl (C=O) groups is 1. The van der Waals surface area contributed by atoms with Gasteiger partial charge in [-0.15, -0.1) is 0 Å². The van der Waals surface area contributed by atoms with Gasteiger partial charge in [0.05, 0.1) is 0 Å². The summed E-state index contributed by atoms with van der Waals surface area (Å²) in [6.07, 6.45) is 1.22. The van der Waals surface area contributed by atoms with Crippen molar-refractivity contribution in [2.24, 2.45) is 5.92 Å². The van der Waals surface area contributed by atoms with E-state index in [-0.39, 0.29) is 11.3 Å². The van der Waals surface area contributed by atoms with Gasteiger partial charge in [0, 0.05) is 30.5 Å². The molecule has 2 aliphatic rings. The fourth-order valence-electron chi connectivity index (χ4n) is 2.95. The second-order valence-corrected chi connectivity index (χ2v) is 5.40. The first-order valence-corrected chi connectivity index (χ1v) is 6.01. The van der Waals surface area contributed by atoms with Crippen LogP contribution in [0.15, 0.2) is 24.3 Å². The number of benzene rings is 1. The Hall–Kier alpha value is -1.02. The van der Waals surface area contributed by atoms with E-state index >= 15 is 0 Å². The summed E-state index contributed by atoms with van der Waals surface area (Å²) >= 11 is 5.89. The molecule has 0 aromatic heterocycles. The quantitative estimate of drug-likeness (QED) is 0.732. The molecule has 1 aliphatic heterocycles. The van der Waals surface area contributed by atoms with Crippen LogP contribution in [0.1, 0.15) is 18.9 Å². The highest BCUT2D eigenvalue weighted by molar-refractivity contribution is 6.30. The average molecular weight is 236 g/mol. The molecule has 1 saturated carbocycles. The van der Waals surface area contributed by atoms with Crippen molar-refractivity contribution in [2.75, 3.05) is 13.1 Å². The largest absolute Gasteiger partial charge is 0.342 e. The molecule has 0 radical (unpaired) electrons. The normalized spacial score (nSPS) is 31.4. The van der Waals surface area contributed by atoms with E-state index in [1.165, 1.54) is 12.0 Å². The zero-order valence-corrected chi connectivity index (χ0v) is 10.00. The second kappa shape index (κ2) is 3.24. The first-order chi connectivity index (χ1) is 7.62. The summed E-state index contributed by atoms with van der Waals surface area (Å²) in [7, 11) is 0. The molecule has 1 amide bonds. The van der Waals surface area contributed by atoms with Gasteiger partial charge in [-0.1, -0.05) is 23.7 Å². The minimum atomic E-state index is 0.195. The monoisotopic (exact) mass is 235 g/mol. The van der Waals surface area contributed by atoms with Crippen molar-refractivity contribution in [1.82, 2.24) is 4.90 Å². The second-order valence-electron chi connectivity index (χ2n) is 4.96. The smallest absolute Gasteiger partial charge is 0.219 e. The molecule has 1 aromatic carbocycles. The average Bonchev–Trinajstić information content (AvgIpc) is 2.82. The van der Waals surface area contributed by atoms with Gasteiger partial charge in [-0.05, 0) is 30.0 Å². The minimum Gasteiger partial charge on any atom is -0.342 e. The summed E-state index contributed by atoms with van der Waals surface area (Å²) in [5.41, 5.74) is 1.58. The van der Waals surface area contributed by atoms with E-state index in [0.29, 0.717) is 5.92 Å². The van der Waals surface area contributed by atoms with Crippen LogP contribution in [0.5, 0.6) is 0 Å². The Morgan fingerprint density at radius 1 is 1.44 bits per heavy atom. The third-order valence-electron chi connectivity index (χ3n) is 4.01. The van der Waals surface area contributed by atoms with Crippen LogP contribution in [0.25, 0.3) is 0 Å². The highest BCUT2D eigenvalue weighted by Crippen LogP contribution is 2.58. The zero-order chi connectivity index (χ0) is 11.3. The van der Waals surface area contributed by atoms with Crippen LogP contribution in [0.4, 0.5) is 0 Å². The maximum atomic E-state index is 11.3. The molecule has 16 heavy (non-hydrogen) atoms. The number of nitrogens with zero attached hydrogens (tertiary/aromatic N) is 1. The van der Waals surface area contributed by atoms with Crippen molar-refractivity contribution < 1.29 is 4.79 Å². The molecule has 1 saturated heterocycles. The summed E-state index contributed by atoms with van der Waals surface area (Å²) in [5.74, 6) is 0.859. The van der Waals surface area contributed by atoms with Gasteiger partial charge in [-0.3, -0.25) is 4.79 Å². The van der Waals surface area contributed by atoms with Gasteiger partial charge in [-0.25, -0.2) is 0 Å². The van der Waals surface area contributed by atoms with Crippen molar-refractivity contribution in [3.05, 3.63) is 34.9 Å². The first-order valence-electron chi connectivity index (χ1n) is 5.63. The summed E-state index contributed by atoms with van der Waals surface area (Å²) in [4.78, 5) is 13.3. The standard InChI is InChI=1S/C13H14ClNO/c1-9(16)15-7-11-6-13(11,8-15)10-2-4-12(14)5-3-10/h2-5,11H,6-8H2,1H3.